The Hall–Kier alpha value is -1.63. The monoisotopic (exact) mass is 147 g/mol. The van der Waals surface area contributed by atoms with Gasteiger partial charge in [0.2, 0.25) is 5.88 Å². The van der Waals surface area contributed by atoms with Crippen LogP contribution in [0.2, 0.25) is 0 Å². The maximum atomic E-state index is 8.51. The number of hydrogen-bond donors (Lipinski definition) is 0. The van der Waals surface area contributed by atoms with Gasteiger partial charge in [0.25, 0.3) is 0 Å². The summed E-state index contributed by atoms with van der Waals surface area (Å²) in [6.07, 6.45) is 3.33. The van der Waals surface area contributed by atoms with E-state index in [-0.39, 0.29) is 6.10 Å². The smallest absolute Gasteiger partial charge is 0.221 e. The molecule has 0 spiro atoms. The van der Waals surface area contributed by atoms with Crippen LogP contribution in [0.4, 0.5) is 0 Å². The zero-order valence-corrected chi connectivity index (χ0v) is 5.69. The van der Waals surface area contributed by atoms with E-state index in [1.807, 2.05) is 6.07 Å². The minimum absolute atomic E-state index is 0.373. The first-order chi connectivity index (χ1) is 5.40. The normalized spacial score (nSPS) is 20.1. The molecule has 54 valence electrons. The number of nitriles is 1. The Labute approximate surface area is 63.5 Å². The molecule has 0 aliphatic carbocycles. The molecule has 0 amide bonds. The van der Waals surface area contributed by atoms with Crippen molar-refractivity contribution in [1.82, 2.24) is 9.97 Å². The summed E-state index contributed by atoms with van der Waals surface area (Å²) in [6, 6.07) is 2.02. The minimum Gasteiger partial charge on any atom is -0.458 e. The molecule has 0 saturated carbocycles. The second-order valence-corrected chi connectivity index (χ2v) is 2.29. The van der Waals surface area contributed by atoms with Gasteiger partial charge in [0, 0.05) is 18.2 Å². The fraction of sp³-hybridized carbons (Fsp3) is 0.286. The summed E-state index contributed by atoms with van der Waals surface area (Å²) >= 11 is 0. The summed E-state index contributed by atoms with van der Waals surface area (Å²) < 4.78 is 5.14. The molecule has 0 aromatic carbocycles. The van der Waals surface area contributed by atoms with E-state index in [0.717, 1.165) is 5.56 Å². The number of ether oxygens (including phenoxy) is 1. The molecule has 0 bridgehead atoms. The lowest BCUT2D eigenvalue weighted by Crippen LogP contribution is -2.08. The lowest BCUT2D eigenvalue weighted by Gasteiger charge is -1.96. The summed E-state index contributed by atoms with van der Waals surface area (Å²) in [5.74, 6) is 0.548. The van der Waals surface area contributed by atoms with Gasteiger partial charge in [0.1, 0.15) is 12.4 Å². The largest absolute Gasteiger partial charge is 0.458 e. The average molecular weight is 147 g/mol. The summed E-state index contributed by atoms with van der Waals surface area (Å²) in [5, 5.41) is 8.51. The van der Waals surface area contributed by atoms with Crippen LogP contribution < -0.4 is 4.74 Å². The van der Waals surface area contributed by atoms with Crippen LogP contribution in [0.1, 0.15) is 5.56 Å². The summed E-state index contributed by atoms with van der Waals surface area (Å²) in [7, 11) is 0. The van der Waals surface area contributed by atoms with Gasteiger partial charge in [0.15, 0.2) is 6.10 Å². The zero-order chi connectivity index (χ0) is 7.68. The van der Waals surface area contributed by atoms with Gasteiger partial charge < -0.3 is 4.74 Å². The van der Waals surface area contributed by atoms with Crippen LogP contribution in [0.15, 0.2) is 12.5 Å². The lowest BCUT2D eigenvalue weighted by atomic mass is 10.2. The quantitative estimate of drug-likeness (QED) is 0.529. The van der Waals surface area contributed by atoms with Crippen LogP contribution in [0.5, 0.6) is 5.88 Å². The Bertz CT molecular complexity index is 293. The van der Waals surface area contributed by atoms with Gasteiger partial charge in [0.05, 0.1) is 0 Å². The van der Waals surface area contributed by atoms with Crippen molar-refractivity contribution < 1.29 is 4.74 Å². The van der Waals surface area contributed by atoms with E-state index in [9.17, 15) is 0 Å². The van der Waals surface area contributed by atoms with E-state index in [1.165, 1.54) is 6.33 Å². The molecular weight excluding hydrogens is 142 g/mol. The molecule has 1 aliphatic heterocycles. The summed E-state index contributed by atoms with van der Waals surface area (Å²) in [6.45, 7) is 0. The Balaban J connectivity index is 2.35. The number of aromatic nitrogens is 2. The molecule has 0 fully saturated rings. The van der Waals surface area contributed by atoms with Gasteiger partial charge in [-0.25, -0.2) is 9.97 Å². The molecule has 4 heteroatoms. The maximum absolute atomic E-state index is 8.51. The molecule has 1 unspecified atom stereocenters. The van der Waals surface area contributed by atoms with Crippen LogP contribution in [0.3, 0.4) is 0 Å². The van der Waals surface area contributed by atoms with Crippen LogP contribution in [-0.4, -0.2) is 16.1 Å². The minimum atomic E-state index is -0.373. The number of nitrogens with zero attached hydrogens (tertiary/aromatic N) is 3. The van der Waals surface area contributed by atoms with Crippen molar-refractivity contribution in [3.05, 3.63) is 18.1 Å². The van der Waals surface area contributed by atoms with E-state index in [4.69, 9.17) is 10.00 Å². The van der Waals surface area contributed by atoms with Crippen molar-refractivity contribution in [2.24, 2.45) is 0 Å². The topological polar surface area (TPSA) is 58.8 Å². The van der Waals surface area contributed by atoms with Crippen molar-refractivity contribution in [3.63, 3.8) is 0 Å². The number of fused-ring (bicyclic) bond motifs is 1. The molecule has 2 heterocycles. The molecule has 0 saturated heterocycles. The third-order valence-corrected chi connectivity index (χ3v) is 1.55. The third kappa shape index (κ3) is 0.905. The molecule has 1 aliphatic rings. The Morgan fingerprint density at radius 1 is 1.73 bits per heavy atom. The highest BCUT2D eigenvalue weighted by atomic mass is 16.5. The molecule has 2 rings (SSSR count). The van der Waals surface area contributed by atoms with Gasteiger partial charge >= 0.3 is 0 Å². The molecular formula is C7H5N3O. The van der Waals surface area contributed by atoms with E-state index >= 15 is 0 Å². The average Bonchev–Trinajstić information content (AvgIpc) is 2.46. The van der Waals surface area contributed by atoms with Crippen LogP contribution in [0, 0.1) is 11.3 Å². The van der Waals surface area contributed by atoms with Crippen LogP contribution in [-0.2, 0) is 6.42 Å². The van der Waals surface area contributed by atoms with E-state index in [0.29, 0.717) is 12.3 Å². The SMILES string of the molecule is N#CC1Cc2cncnc2O1. The van der Waals surface area contributed by atoms with Gasteiger partial charge in [-0.1, -0.05) is 0 Å². The van der Waals surface area contributed by atoms with Crippen molar-refractivity contribution in [1.29, 1.82) is 5.26 Å². The highest BCUT2D eigenvalue weighted by Crippen LogP contribution is 2.23. The van der Waals surface area contributed by atoms with Crippen molar-refractivity contribution in [2.75, 3.05) is 0 Å². The Morgan fingerprint density at radius 3 is 3.36 bits per heavy atom. The third-order valence-electron chi connectivity index (χ3n) is 1.55. The second-order valence-electron chi connectivity index (χ2n) is 2.29. The molecule has 0 N–H and O–H groups in total. The standard InChI is InChI=1S/C7H5N3O/c8-2-6-1-5-3-9-4-10-7(5)11-6/h3-4,6H,1H2. The molecule has 1 atom stereocenters. The van der Waals surface area contributed by atoms with Gasteiger partial charge in [-0.05, 0) is 0 Å². The molecule has 11 heavy (non-hydrogen) atoms. The fourth-order valence-electron chi connectivity index (χ4n) is 1.04. The van der Waals surface area contributed by atoms with E-state index < -0.39 is 0 Å². The van der Waals surface area contributed by atoms with Gasteiger partial charge in [-0.2, -0.15) is 5.26 Å². The molecule has 1 aromatic heterocycles. The zero-order valence-electron chi connectivity index (χ0n) is 5.69. The van der Waals surface area contributed by atoms with E-state index in [2.05, 4.69) is 9.97 Å². The first-order valence-electron chi connectivity index (χ1n) is 3.25. The summed E-state index contributed by atoms with van der Waals surface area (Å²) in [4.78, 5) is 7.70. The van der Waals surface area contributed by atoms with Gasteiger partial charge in [-0.3, -0.25) is 0 Å². The Kier molecular flexibility index (Phi) is 1.22. The number of hydrogen-bond acceptors (Lipinski definition) is 4. The highest BCUT2D eigenvalue weighted by Gasteiger charge is 2.23. The van der Waals surface area contributed by atoms with Crippen LogP contribution in [0.25, 0.3) is 0 Å². The lowest BCUT2D eigenvalue weighted by molar-refractivity contribution is 0.280. The Morgan fingerprint density at radius 2 is 2.64 bits per heavy atom. The summed E-state index contributed by atoms with van der Waals surface area (Å²) in [5.41, 5.74) is 0.916. The van der Waals surface area contributed by atoms with Crippen molar-refractivity contribution >= 4 is 0 Å². The van der Waals surface area contributed by atoms with E-state index in [1.54, 1.807) is 6.20 Å². The van der Waals surface area contributed by atoms with Crippen molar-refractivity contribution in [2.45, 2.75) is 12.5 Å². The first-order valence-corrected chi connectivity index (χ1v) is 3.25. The number of rotatable bonds is 0. The predicted molar refractivity (Wildman–Crippen MR) is 35.8 cm³/mol. The van der Waals surface area contributed by atoms with Crippen LogP contribution >= 0.6 is 0 Å². The predicted octanol–water partition coefficient (Wildman–Crippen LogP) is 0.304. The fourth-order valence-corrected chi connectivity index (χ4v) is 1.04. The second kappa shape index (κ2) is 2.20. The highest BCUT2D eigenvalue weighted by molar-refractivity contribution is 5.29. The first kappa shape index (κ1) is 6.10. The molecule has 0 radical (unpaired) electrons. The molecule has 4 nitrogen and oxygen atoms in total. The maximum Gasteiger partial charge on any atom is 0.221 e. The van der Waals surface area contributed by atoms with Gasteiger partial charge in [-0.15, -0.1) is 0 Å². The molecule has 1 aromatic rings. The van der Waals surface area contributed by atoms with Crippen molar-refractivity contribution in [3.8, 4) is 11.9 Å².